The largest absolute Gasteiger partial charge is 0.492 e. The molecule has 1 heterocycles. The van der Waals surface area contributed by atoms with Gasteiger partial charge in [0.15, 0.2) is 0 Å². The maximum Gasteiger partial charge on any atom is 0.201 e. The Kier molecular flexibility index (Phi) is 2.42. The smallest absolute Gasteiger partial charge is 0.201 e. The lowest BCUT2D eigenvalue weighted by atomic mass is 10.3. The normalized spacial score (nSPS) is 15.4. The van der Waals surface area contributed by atoms with E-state index in [0.29, 0.717) is 12.6 Å². The van der Waals surface area contributed by atoms with E-state index in [0.717, 1.165) is 29.2 Å². The number of nitrogens with zero attached hydrogens (tertiary/aromatic N) is 2. The molecule has 1 aliphatic carbocycles. The van der Waals surface area contributed by atoms with Gasteiger partial charge in [0.25, 0.3) is 0 Å². The molecule has 2 aromatic rings. The molecule has 0 atom stereocenters. The van der Waals surface area contributed by atoms with Crippen molar-refractivity contribution in [3.05, 3.63) is 18.2 Å². The Morgan fingerprint density at radius 3 is 3.00 bits per heavy atom. The van der Waals surface area contributed by atoms with Crippen molar-refractivity contribution in [1.29, 1.82) is 0 Å². The van der Waals surface area contributed by atoms with Gasteiger partial charge < -0.3 is 15.0 Å². The van der Waals surface area contributed by atoms with E-state index in [1.165, 1.54) is 12.8 Å². The number of anilines is 1. The fourth-order valence-electron chi connectivity index (χ4n) is 2.16. The van der Waals surface area contributed by atoms with Crippen LogP contribution in [0, 0.1) is 5.92 Å². The van der Waals surface area contributed by atoms with Gasteiger partial charge in [-0.2, -0.15) is 0 Å². The fraction of sp³-hybridized carbons (Fsp3) is 0.462. The molecule has 0 saturated heterocycles. The highest BCUT2D eigenvalue weighted by molar-refractivity contribution is 5.84. The molecule has 0 bridgehead atoms. The number of hydrogen-bond acceptors (Lipinski definition) is 3. The van der Waals surface area contributed by atoms with Crippen LogP contribution < -0.4 is 10.5 Å². The number of ether oxygens (including phenoxy) is 1. The van der Waals surface area contributed by atoms with Crippen LogP contribution in [0.25, 0.3) is 11.0 Å². The summed E-state index contributed by atoms with van der Waals surface area (Å²) in [6.45, 7) is 3.61. The van der Waals surface area contributed by atoms with E-state index in [-0.39, 0.29) is 0 Å². The third-order valence-electron chi connectivity index (χ3n) is 3.21. The summed E-state index contributed by atoms with van der Waals surface area (Å²) in [6.07, 6.45) is 2.62. The first-order valence-corrected chi connectivity index (χ1v) is 6.17. The Bertz CT molecular complexity index is 543. The molecule has 0 radical (unpaired) electrons. The maximum absolute atomic E-state index is 5.99. The topological polar surface area (TPSA) is 53.1 Å². The van der Waals surface area contributed by atoms with Crippen LogP contribution in [0.5, 0.6) is 5.75 Å². The number of hydrogen-bond donors (Lipinski definition) is 1. The predicted octanol–water partition coefficient (Wildman–Crippen LogP) is 2.43. The van der Waals surface area contributed by atoms with Gasteiger partial charge >= 0.3 is 0 Å². The third kappa shape index (κ3) is 1.84. The van der Waals surface area contributed by atoms with Crippen LogP contribution in [-0.2, 0) is 6.54 Å². The second kappa shape index (κ2) is 3.95. The Labute approximate surface area is 100 Å². The molecule has 0 aliphatic heterocycles. The molecule has 1 aromatic heterocycles. The number of nitrogen functional groups attached to an aromatic ring is 1. The second-order valence-electron chi connectivity index (χ2n) is 4.58. The molecule has 17 heavy (non-hydrogen) atoms. The molecule has 1 aromatic carbocycles. The summed E-state index contributed by atoms with van der Waals surface area (Å²) in [5.41, 5.74) is 7.96. The van der Waals surface area contributed by atoms with E-state index in [1.807, 2.05) is 19.1 Å². The number of rotatable bonds is 4. The molecular weight excluding hydrogens is 214 g/mol. The molecule has 1 aliphatic rings. The van der Waals surface area contributed by atoms with Crippen molar-refractivity contribution in [2.75, 3.05) is 12.3 Å². The van der Waals surface area contributed by atoms with Crippen LogP contribution in [0.2, 0.25) is 0 Å². The molecule has 0 unspecified atom stereocenters. The van der Waals surface area contributed by atoms with E-state index >= 15 is 0 Å². The van der Waals surface area contributed by atoms with Crippen LogP contribution in [-0.4, -0.2) is 16.2 Å². The van der Waals surface area contributed by atoms with Crippen molar-refractivity contribution in [1.82, 2.24) is 9.55 Å². The first-order chi connectivity index (χ1) is 8.29. The highest BCUT2D eigenvalue weighted by Gasteiger charge is 2.24. The van der Waals surface area contributed by atoms with Crippen molar-refractivity contribution in [3.8, 4) is 5.75 Å². The van der Waals surface area contributed by atoms with Crippen LogP contribution in [0.15, 0.2) is 18.2 Å². The van der Waals surface area contributed by atoms with E-state index in [9.17, 15) is 0 Å². The monoisotopic (exact) mass is 231 g/mol. The first-order valence-electron chi connectivity index (χ1n) is 6.17. The number of imidazole rings is 1. The summed E-state index contributed by atoms with van der Waals surface area (Å²) in [7, 11) is 0. The van der Waals surface area contributed by atoms with Gasteiger partial charge in [-0.05, 0) is 37.8 Å². The minimum atomic E-state index is 0.596. The second-order valence-corrected chi connectivity index (χ2v) is 4.58. The zero-order valence-corrected chi connectivity index (χ0v) is 10.0. The number of benzene rings is 1. The zero-order chi connectivity index (χ0) is 11.8. The Morgan fingerprint density at radius 2 is 2.29 bits per heavy atom. The Balaban J connectivity index is 2.08. The SMILES string of the molecule is CCOc1cccc2c1nc(N)n2CC1CC1. The molecule has 4 nitrogen and oxygen atoms in total. The van der Waals surface area contributed by atoms with E-state index in [2.05, 4.69) is 15.6 Å². The van der Waals surface area contributed by atoms with E-state index in [4.69, 9.17) is 10.5 Å². The van der Waals surface area contributed by atoms with Crippen molar-refractivity contribution in [3.63, 3.8) is 0 Å². The lowest BCUT2D eigenvalue weighted by Gasteiger charge is -2.06. The maximum atomic E-state index is 5.99. The van der Waals surface area contributed by atoms with Gasteiger partial charge in [0.05, 0.1) is 12.1 Å². The van der Waals surface area contributed by atoms with Crippen molar-refractivity contribution < 1.29 is 4.74 Å². The van der Waals surface area contributed by atoms with Gasteiger partial charge in [-0.25, -0.2) is 4.98 Å². The molecule has 90 valence electrons. The zero-order valence-electron chi connectivity index (χ0n) is 10.0. The summed E-state index contributed by atoms with van der Waals surface area (Å²) in [5.74, 6) is 2.20. The summed E-state index contributed by atoms with van der Waals surface area (Å²) < 4.78 is 7.68. The number of fused-ring (bicyclic) bond motifs is 1. The third-order valence-corrected chi connectivity index (χ3v) is 3.21. The van der Waals surface area contributed by atoms with Gasteiger partial charge in [-0.3, -0.25) is 0 Å². The Hall–Kier alpha value is -1.71. The van der Waals surface area contributed by atoms with Crippen molar-refractivity contribution >= 4 is 17.0 Å². The molecule has 4 heteroatoms. The minimum absolute atomic E-state index is 0.596. The van der Waals surface area contributed by atoms with Crippen LogP contribution >= 0.6 is 0 Å². The van der Waals surface area contributed by atoms with Crippen LogP contribution in [0.1, 0.15) is 19.8 Å². The van der Waals surface area contributed by atoms with Crippen molar-refractivity contribution in [2.45, 2.75) is 26.3 Å². The summed E-state index contributed by atoms with van der Waals surface area (Å²) in [5, 5.41) is 0. The molecule has 3 rings (SSSR count). The first kappa shape index (κ1) is 10.4. The van der Waals surface area contributed by atoms with Gasteiger partial charge in [0.1, 0.15) is 11.3 Å². The Morgan fingerprint density at radius 1 is 1.47 bits per heavy atom. The molecule has 1 saturated carbocycles. The molecule has 2 N–H and O–H groups in total. The quantitative estimate of drug-likeness (QED) is 0.879. The highest BCUT2D eigenvalue weighted by atomic mass is 16.5. The van der Waals surface area contributed by atoms with Gasteiger partial charge in [-0.15, -0.1) is 0 Å². The van der Waals surface area contributed by atoms with Crippen LogP contribution in [0.4, 0.5) is 5.95 Å². The summed E-state index contributed by atoms with van der Waals surface area (Å²) in [4.78, 5) is 4.43. The predicted molar refractivity (Wildman–Crippen MR) is 68.0 cm³/mol. The molecular formula is C13H17N3O. The molecule has 0 amide bonds. The van der Waals surface area contributed by atoms with E-state index < -0.39 is 0 Å². The average molecular weight is 231 g/mol. The molecule has 1 fully saturated rings. The van der Waals surface area contributed by atoms with Gasteiger partial charge in [-0.1, -0.05) is 6.07 Å². The van der Waals surface area contributed by atoms with Gasteiger partial charge in [0, 0.05) is 6.54 Å². The minimum Gasteiger partial charge on any atom is -0.492 e. The average Bonchev–Trinajstić information content (AvgIpc) is 3.07. The number of nitrogens with two attached hydrogens (primary N) is 1. The summed E-state index contributed by atoms with van der Waals surface area (Å²) in [6, 6.07) is 6.00. The number of aromatic nitrogens is 2. The fourth-order valence-corrected chi connectivity index (χ4v) is 2.16. The number of para-hydroxylation sites is 1. The lowest BCUT2D eigenvalue weighted by Crippen LogP contribution is -2.04. The molecule has 0 spiro atoms. The lowest BCUT2D eigenvalue weighted by molar-refractivity contribution is 0.343. The van der Waals surface area contributed by atoms with E-state index in [1.54, 1.807) is 0 Å². The van der Waals surface area contributed by atoms with Crippen LogP contribution in [0.3, 0.4) is 0 Å². The summed E-state index contributed by atoms with van der Waals surface area (Å²) >= 11 is 0. The van der Waals surface area contributed by atoms with Crippen molar-refractivity contribution in [2.24, 2.45) is 5.92 Å². The highest BCUT2D eigenvalue weighted by Crippen LogP contribution is 2.34. The van der Waals surface area contributed by atoms with Gasteiger partial charge in [0.2, 0.25) is 5.95 Å². The standard InChI is InChI=1S/C13H17N3O/c1-2-17-11-5-3-4-10-12(11)15-13(14)16(10)8-9-6-7-9/h3-5,9H,2,6-8H2,1H3,(H2,14,15).